The number of ether oxygens (including phenoxy) is 4. The Morgan fingerprint density at radius 3 is 2.67 bits per heavy atom. The molecule has 1 fully saturated rings. The van der Waals surface area contributed by atoms with Gasteiger partial charge < -0.3 is 29.4 Å². The Labute approximate surface area is 208 Å². The number of alkyl halides is 3. The lowest BCUT2D eigenvalue weighted by molar-refractivity contribution is -0.170. The molecule has 12 heteroatoms. The number of esters is 1. The van der Waals surface area contributed by atoms with Crippen molar-refractivity contribution in [2.45, 2.75) is 83.4 Å². The van der Waals surface area contributed by atoms with Gasteiger partial charge in [-0.25, -0.2) is 9.78 Å². The van der Waals surface area contributed by atoms with Crippen molar-refractivity contribution >= 4 is 11.9 Å². The van der Waals surface area contributed by atoms with Gasteiger partial charge in [0.05, 0.1) is 13.2 Å². The number of nitrogens with one attached hydrogen (secondary N) is 1. The Bertz CT molecular complexity index is 867. The van der Waals surface area contributed by atoms with Crippen LogP contribution in [-0.4, -0.2) is 72.8 Å². The number of hydrogen-bond donors (Lipinski definition) is 2. The molecule has 1 aliphatic heterocycles. The van der Waals surface area contributed by atoms with Gasteiger partial charge in [0.25, 0.3) is 5.91 Å². The number of pyridine rings is 1. The molecule has 2 rings (SSSR count). The maximum absolute atomic E-state index is 12.9. The van der Waals surface area contributed by atoms with Gasteiger partial charge in [-0.2, -0.15) is 13.2 Å². The summed E-state index contributed by atoms with van der Waals surface area (Å²) in [5.41, 5.74) is -0.306. The molecule has 0 radical (unpaired) electrons. The molecule has 1 aromatic rings. The first-order chi connectivity index (χ1) is 16.9. The summed E-state index contributed by atoms with van der Waals surface area (Å²) in [7, 11) is 1.33. The second-order valence-corrected chi connectivity index (χ2v) is 9.13. The van der Waals surface area contributed by atoms with Crippen LogP contribution in [0.3, 0.4) is 0 Å². The van der Waals surface area contributed by atoms with Gasteiger partial charge in [-0.3, -0.25) is 4.79 Å². The van der Waals surface area contributed by atoms with Crippen molar-refractivity contribution < 1.29 is 46.8 Å². The van der Waals surface area contributed by atoms with Crippen molar-refractivity contribution in [3.63, 3.8) is 0 Å². The highest BCUT2D eigenvalue weighted by molar-refractivity contribution is 5.97. The van der Waals surface area contributed by atoms with E-state index in [1.165, 1.54) is 19.4 Å². The minimum Gasteiger partial charge on any atom is -0.503 e. The molecule has 36 heavy (non-hydrogen) atoms. The van der Waals surface area contributed by atoms with Crippen molar-refractivity contribution in [2.24, 2.45) is 5.92 Å². The van der Waals surface area contributed by atoms with Crippen LogP contribution in [0, 0.1) is 5.92 Å². The first kappa shape index (κ1) is 29.6. The Kier molecular flexibility index (Phi) is 11.2. The summed E-state index contributed by atoms with van der Waals surface area (Å²) in [6, 6.07) is 0.343. The SMILES string of the molecule is COc1ccnc(C(=O)N[C@H]2CCC[C@H](OCC(C)C)[C@@H](OCCCC(F)(F)F)[C@H](C)OC2=O)c1O. The lowest BCUT2D eigenvalue weighted by Gasteiger charge is -2.31. The molecule has 0 aromatic carbocycles. The maximum Gasteiger partial charge on any atom is 0.389 e. The van der Waals surface area contributed by atoms with Crippen LogP contribution in [0.25, 0.3) is 0 Å². The molecule has 0 spiro atoms. The summed E-state index contributed by atoms with van der Waals surface area (Å²) >= 11 is 0. The molecule has 2 N–H and O–H groups in total. The van der Waals surface area contributed by atoms with E-state index < -0.39 is 54.6 Å². The minimum absolute atomic E-state index is 0.0523. The van der Waals surface area contributed by atoms with E-state index in [9.17, 15) is 27.9 Å². The second-order valence-electron chi connectivity index (χ2n) is 9.13. The fourth-order valence-electron chi connectivity index (χ4n) is 3.79. The number of amides is 1. The number of carbonyl (C=O) groups excluding carboxylic acids is 2. The van der Waals surface area contributed by atoms with Crippen molar-refractivity contribution in [3.05, 3.63) is 18.0 Å². The van der Waals surface area contributed by atoms with Gasteiger partial charge in [0, 0.05) is 31.9 Å². The molecule has 4 atom stereocenters. The number of rotatable bonds is 10. The molecule has 2 heterocycles. The quantitative estimate of drug-likeness (QED) is 0.354. The normalized spacial score (nSPS) is 23.4. The molecule has 1 aromatic heterocycles. The van der Waals surface area contributed by atoms with Crippen molar-refractivity contribution in [2.75, 3.05) is 20.3 Å². The number of nitrogens with zero attached hydrogens (tertiary/aromatic N) is 1. The van der Waals surface area contributed by atoms with E-state index in [-0.39, 0.29) is 36.8 Å². The number of carbonyl (C=O) groups is 2. The number of halogens is 3. The molecule has 1 saturated heterocycles. The topological polar surface area (TPSA) is 116 Å². The molecule has 0 aliphatic carbocycles. The zero-order chi connectivity index (χ0) is 26.9. The zero-order valence-electron chi connectivity index (χ0n) is 21.0. The average Bonchev–Trinajstić information content (AvgIpc) is 2.84. The van der Waals surface area contributed by atoms with E-state index in [1.54, 1.807) is 6.92 Å². The Balaban J connectivity index is 2.13. The third kappa shape index (κ3) is 9.12. The summed E-state index contributed by atoms with van der Waals surface area (Å²) in [6.45, 7) is 5.73. The van der Waals surface area contributed by atoms with Gasteiger partial charge in [0.1, 0.15) is 18.2 Å². The first-order valence-electron chi connectivity index (χ1n) is 12.0. The standard InChI is InChI=1S/C24H35F3N2O7/c1-14(2)13-35-18-8-5-7-16(29-22(31)19-20(30)17(33-4)9-11-28-19)23(32)36-15(3)21(18)34-12-6-10-24(25,26)27/h9,11,14-16,18,21,30H,5-8,10,12-13H2,1-4H3,(H,29,31)/t15-,16-,18-,21-/m0/s1. The molecule has 1 amide bonds. The highest BCUT2D eigenvalue weighted by atomic mass is 19.4. The van der Waals surface area contributed by atoms with Crippen LogP contribution in [0.2, 0.25) is 0 Å². The van der Waals surface area contributed by atoms with Gasteiger partial charge in [-0.1, -0.05) is 13.8 Å². The lowest BCUT2D eigenvalue weighted by atomic mass is 10.0. The number of hydrogen-bond acceptors (Lipinski definition) is 8. The number of cyclic esters (lactones) is 1. The molecule has 204 valence electrons. The summed E-state index contributed by atoms with van der Waals surface area (Å²) in [5.74, 6) is -1.72. The average molecular weight is 521 g/mol. The van der Waals surface area contributed by atoms with E-state index in [0.29, 0.717) is 19.4 Å². The number of aromatic nitrogens is 1. The van der Waals surface area contributed by atoms with Crippen LogP contribution in [0.5, 0.6) is 11.5 Å². The van der Waals surface area contributed by atoms with Crippen molar-refractivity contribution in [3.8, 4) is 11.5 Å². The minimum atomic E-state index is -4.29. The van der Waals surface area contributed by atoms with Crippen LogP contribution in [0.4, 0.5) is 13.2 Å². The van der Waals surface area contributed by atoms with E-state index in [2.05, 4.69) is 10.3 Å². The zero-order valence-corrected chi connectivity index (χ0v) is 21.0. The van der Waals surface area contributed by atoms with Crippen LogP contribution < -0.4 is 10.1 Å². The van der Waals surface area contributed by atoms with E-state index in [1.807, 2.05) is 13.8 Å². The molecule has 0 unspecified atom stereocenters. The van der Waals surface area contributed by atoms with Crippen LogP contribution in [0.15, 0.2) is 12.3 Å². The van der Waals surface area contributed by atoms with Crippen LogP contribution in [-0.2, 0) is 19.0 Å². The predicted molar refractivity (Wildman–Crippen MR) is 123 cm³/mol. The fourth-order valence-corrected chi connectivity index (χ4v) is 3.79. The van der Waals surface area contributed by atoms with E-state index in [4.69, 9.17) is 18.9 Å². The van der Waals surface area contributed by atoms with Crippen molar-refractivity contribution in [1.82, 2.24) is 10.3 Å². The Morgan fingerprint density at radius 1 is 1.31 bits per heavy atom. The summed E-state index contributed by atoms with van der Waals surface area (Å²) < 4.78 is 59.9. The number of aromatic hydroxyl groups is 1. The van der Waals surface area contributed by atoms with Crippen LogP contribution >= 0.6 is 0 Å². The fraction of sp³-hybridized carbons (Fsp3) is 0.708. The number of methoxy groups -OCH3 is 1. The van der Waals surface area contributed by atoms with Gasteiger partial charge in [0.2, 0.25) is 0 Å². The summed E-state index contributed by atoms with van der Waals surface area (Å²) in [4.78, 5) is 29.5. The predicted octanol–water partition coefficient (Wildman–Crippen LogP) is 3.78. The molecule has 0 bridgehead atoms. The first-order valence-corrected chi connectivity index (χ1v) is 12.0. The molecule has 1 aliphatic rings. The Hall–Kier alpha value is -2.60. The lowest BCUT2D eigenvalue weighted by Crippen LogP contribution is -2.46. The second kappa shape index (κ2) is 13.6. The largest absolute Gasteiger partial charge is 0.503 e. The molecule has 0 saturated carbocycles. The highest BCUT2D eigenvalue weighted by Crippen LogP contribution is 2.28. The summed E-state index contributed by atoms with van der Waals surface area (Å²) in [6.07, 6.45) is -5.26. The smallest absolute Gasteiger partial charge is 0.389 e. The summed E-state index contributed by atoms with van der Waals surface area (Å²) in [5, 5.41) is 12.7. The molecular formula is C24H35F3N2O7. The molecular weight excluding hydrogens is 485 g/mol. The third-order valence-electron chi connectivity index (χ3n) is 5.58. The monoisotopic (exact) mass is 520 g/mol. The van der Waals surface area contributed by atoms with E-state index in [0.717, 1.165) is 0 Å². The van der Waals surface area contributed by atoms with Gasteiger partial charge in [0.15, 0.2) is 17.2 Å². The maximum atomic E-state index is 12.9. The molecule has 9 nitrogen and oxygen atoms in total. The van der Waals surface area contributed by atoms with E-state index >= 15 is 0 Å². The van der Waals surface area contributed by atoms with Crippen LogP contribution in [0.1, 0.15) is 63.4 Å². The van der Waals surface area contributed by atoms with Gasteiger partial charge in [-0.15, -0.1) is 0 Å². The third-order valence-corrected chi connectivity index (χ3v) is 5.58. The van der Waals surface area contributed by atoms with Crippen molar-refractivity contribution in [1.29, 1.82) is 0 Å². The highest BCUT2D eigenvalue weighted by Gasteiger charge is 2.36. The van der Waals surface area contributed by atoms with Gasteiger partial charge in [-0.05, 0) is 38.5 Å². The Morgan fingerprint density at radius 2 is 2.03 bits per heavy atom. The van der Waals surface area contributed by atoms with Gasteiger partial charge >= 0.3 is 12.1 Å².